The lowest BCUT2D eigenvalue weighted by atomic mass is 10.2. The van der Waals surface area contributed by atoms with Gasteiger partial charge in [-0.2, -0.15) is 0 Å². The van der Waals surface area contributed by atoms with Crippen molar-refractivity contribution in [3.63, 3.8) is 0 Å². The molecule has 0 unspecified atom stereocenters. The molecule has 2 aromatic rings. The maximum Gasteiger partial charge on any atom is 0.251 e. The Hall–Kier alpha value is -1.33. The van der Waals surface area contributed by atoms with Crippen molar-refractivity contribution in [3.8, 4) is 0 Å². The van der Waals surface area contributed by atoms with Gasteiger partial charge in [0.1, 0.15) is 5.01 Å². The number of rotatable bonds is 3. The highest BCUT2D eigenvalue weighted by atomic mass is 32.1. The smallest absolute Gasteiger partial charge is 0.251 e. The lowest BCUT2D eigenvalue weighted by molar-refractivity contribution is 0.0951. The quantitative estimate of drug-likeness (QED) is 0.821. The van der Waals surface area contributed by atoms with E-state index >= 15 is 0 Å². The van der Waals surface area contributed by atoms with Crippen molar-refractivity contribution in [1.82, 2.24) is 10.3 Å². The topological polar surface area (TPSA) is 42.0 Å². The number of carbonyl (C=O) groups excluding carboxylic acids is 1. The lowest BCUT2D eigenvalue weighted by Crippen LogP contribution is -2.22. The van der Waals surface area contributed by atoms with Gasteiger partial charge in [-0.15, -0.1) is 24.0 Å². The number of thiazole rings is 1. The fraction of sp³-hybridized carbons (Fsp3) is 0.0909. The Morgan fingerprint density at radius 2 is 2.12 bits per heavy atom. The molecular formula is C11H10N2OS2. The molecule has 0 fully saturated rings. The van der Waals surface area contributed by atoms with Crippen LogP contribution in [0.2, 0.25) is 0 Å². The molecule has 1 heterocycles. The Morgan fingerprint density at radius 1 is 1.38 bits per heavy atom. The van der Waals surface area contributed by atoms with Gasteiger partial charge in [0.15, 0.2) is 0 Å². The van der Waals surface area contributed by atoms with Crippen LogP contribution < -0.4 is 5.32 Å². The molecule has 16 heavy (non-hydrogen) atoms. The van der Waals surface area contributed by atoms with Gasteiger partial charge in [-0.05, 0) is 24.3 Å². The van der Waals surface area contributed by atoms with E-state index in [2.05, 4.69) is 22.9 Å². The lowest BCUT2D eigenvalue weighted by Gasteiger charge is -2.03. The summed E-state index contributed by atoms with van der Waals surface area (Å²) in [6.07, 6.45) is 1.72. The molecule has 5 heteroatoms. The first kappa shape index (κ1) is 11.2. The number of carbonyl (C=O) groups is 1. The Balaban J connectivity index is 1.95. The van der Waals surface area contributed by atoms with E-state index in [0.29, 0.717) is 12.1 Å². The number of benzene rings is 1. The van der Waals surface area contributed by atoms with Crippen molar-refractivity contribution >= 4 is 29.9 Å². The minimum atomic E-state index is -0.0940. The molecule has 0 saturated carbocycles. The van der Waals surface area contributed by atoms with Crippen molar-refractivity contribution in [2.24, 2.45) is 0 Å². The summed E-state index contributed by atoms with van der Waals surface area (Å²) < 4.78 is 0. The molecular weight excluding hydrogens is 240 g/mol. The average molecular weight is 250 g/mol. The first-order valence-corrected chi connectivity index (χ1v) is 6.04. The highest BCUT2D eigenvalue weighted by Crippen LogP contribution is 2.08. The molecule has 0 aliphatic heterocycles. The zero-order valence-corrected chi connectivity index (χ0v) is 10.1. The SMILES string of the molecule is O=C(NCc1nccs1)c1ccc(S)cc1. The second kappa shape index (κ2) is 5.14. The van der Waals surface area contributed by atoms with Crippen molar-refractivity contribution in [2.45, 2.75) is 11.4 Å². The molecule has 0 atom stereocenters. The molecule has 1 amide bonds. The van der Waals surface area contributed by atoms with E-state index in [4.69, 9.17) is 0 Å². The van der Waals surface area contributed by atoms with Crippen LogP contribution in [0, 0.1) is 0 Å². The van der Waals surface area contributed by atoms with Gasteiger partial charge in [-0.25, -0.2) is 4.98 Å². The van der Waals surface area contributed by atoms with Crippen LogP contribution in [-0.2, 0) is 6.54 Å². The Labute approximate surface area is 103 Å². The van der Waals surface area contributed by atoms with Crippen LogP contribution in [0.4, 0.5) is 0 Å². The maximum atomic E-state index is 11.7. The minimum Gasteiger partial charge on any atom is -0.346 e. The van der Waals surface area contributed by atoms with Crippen molar-refractivity contribution in [1.29, 1.82) is 0 Å². The van der Waals surface area contributed by atoms with Gasteiger partial charge in [-0.3, -0.25) is 4.79 Å². The summed E-state index contributed by atoms with van der Waals surface area (Å²) >= 11 is 5.69. The number of hydrogen-bond acceptors (Lipinski definition) is 4. The molecule has 0 aliphatic rings. The first-order chi connectivity index (χ1) is 7.75. The van der Waals surface area contributed by atoms with Gasteiger partial charge < -0.3 is 5.32 Å². The molecule has 0 aliphatic carbocycles. The van der Waals surface area contributed by atoms with Crippen LogP contribution in [0.15, 0.2) is 40.7 Å². The second-order valence-corrected chi connectivity index (χ2v) is 4.65. The average Bonchev–Trinajstić information content (AvgIpc) is 2.80. The van der Waals surface area contributed by atoms with E-state index in [9.17, 15) is 4.79 Å². The Bertz CT molecular complexity index is 465. The van der Waals surface area contributed by atoms with E-state index in [0.717, 1.165) is 9.90 Å². The fourth-order valence-corrected chi connectivity index (χ4v) is 1.92. The first-order valence-electron chi connectivity index (χ1n) is 4.71. The Kier molecular flexibility index (Phi) is 3.58. The summed E-state index contributed by atoms with van der Waals surface area (Å²) in [5.41, 5.74) is 0.634. The van der Waals surface area contributed by atoms with E-state index in [1.54, 1.807) is 30.5 Å². The van der Waals surface area contributed by atoms with Gasteiger partial charge in [0.05, 0.1) is 6.54 Å². The molecule has 0 saturated heterocycles. The molecule has 0 radical (unpaired) electrons. The zero-order valence-electron chi connectivity index (χ0n) is 8.38. The molecule has 3 nitrogen and oxygen atoms in total. The van der Waals surface area contributed by atoms with E-state index < -0.39 is 0 Å². The second-order valence-electron chi connectivity index (χ2n) is 3.16. The van der Waals surface area contributed by atoms with E-state index in [1.165, 1.54) is 11.3 Å². The monoisotopic (exact) mass is 250 g/mol. The summed E-state index contributed by atoms with van der Waals surface area (Å²) in [6, 6.07) is 7.09. The molecule has 1 aromatic carbocycles. The van der Waals surface area contributed by atoms with Crippen LogP contribution >= 0.6 is 24.0 Å². The summed E-state index contributed by atoms with van der Waals surface area (Å²) in [7, 11) is 0. The van der Waals surface area contributed by atoms with Gasteiger partial charge >= 0.3 is 0 Å². The summed E-state index contributed by atoms with van der Waals surface area (Å²) in [5.74, 6) is -0.0940. The third-order valence-electron chi connectivity index (χ3n) is 2.01. The number of thiol groups is 1. The highest BCUT2D eigenvalue weighted by molar-refractivity contribution is 7.80. The van der Waals surface area contributed by atoms with E-state index in [-0.39, 0.29) is 5.91 Å². The number of hydrogen-bond donors (Lipinski definition) is 2. The number of amides is 1. The van der Waals surface area contributed by atoms with Crippen LogP contribution in [0.1, 0.15) is 15.4 Å². The summed E-state index contributed by atoms with van der Waals surface area (Å²) in [6.45, 7) is 0.471. The summed E-state index contributed by atoms with van der Waals surface area (Å²) in [4.78, 5) is 16.6. The van der Waals surface area contributed by atoms with Gasteiger partial charge in [0, 0.05) is 22.0 Å². The summed E-state index contributed by atoms with van der Waals surface area (Å²) in [5, 5.41) is 5.59. The van der Waals surface area contributed by atoms with Crippen LogP contribution in [0.5, 0.6) is 0 Å². The highest BCUT2D eigenvalue weighted by Gasteiger charge is 2.05. The van der Waals surface area contributed by atoms with Crippen LogP contribution in [0.3, 0.4) is 0 Å². The standard InChI is InChI=1S/C11H10N2OS2/c14-11(8-1-3-9(15)4-2-8)13-7-10-12-5-6-16-10/h1-6,15H,7H2,(H,13,14). The molecule has 1 N–H and O–H groups in total. The number of nitrogens with one attached hydrogen (secondary N) is 1. The predicted molar refractivity (Wildman–Crippen MR) is 67.0 cm³/mol. The molecule has 0 spiro atoms. The third-order valence-corrected chi connectivity index (χ3v) is 3.09. The molecule has 82 valence electrons. The number of aromatic nitrogens is 1. The maximum absolute atomic E-state index is 11.7. The minimum absolute atomic E-state index is 0.0940. The molecule has 1 aromatic heterocycles. The van der Waals surface area contributed by atoms with Crippen molar-refractivity contribution in [3.05, 3.63) is 46.4 Å². The predicted octanol–water partition coefficient (Wildman–Crippen LogP) is 2.36. The van der Waals surface area contributed by atoms with Gasteiger partial charge in [0.25, 0.3) is 5.91 Å². The van der Waals surface area contributed by atoms with Crippen molar-refractivity contribution < 1.29 is 4.79 Å². The molecule has 0 bridgehead atoms. The Morgan fingerprint density at radius 3 is 2.75 bits per heavy atom. The van der Waals surface area contributed by atoms with Crippen molar-refractivity contribution in [2.75, 3.05) is 0 Å². The van der Waals surface area contributed by atoms with Crippen LogP contribution in [0.25, 0.3) is 0 Å². The normalized spacial score (nSPS) is 10.1. The third kappa shape index (κ3) is 2.84. The number of nitrogens with zero attached hydrogens (tertiary/aromatic N) is 1. The molecule has 2 rings (SSSR count). The van der Waals surface area contributed by atoms with Crippen LogP contribution in [-0.4, -0.2) is 10.9 Å². The zero-order chi connectivity index (χ0) is 11.4. The van der Waals surface area contributed by atoms with Gasteiger partial charge in [-0.1, -0.05) is 0 Å². The van der Waals surface area contributed by atoms with Gasteiger partial charge in [0.2, 0.25) is 0 Å². The van der Waals surface area contributed by atoms with E-state index in [1.807, 2.05) is 5.38 Å². The fourth-order valence-electron chi connectivity index (χ4n) is 1.21. The largest absolute Gasteiger partial charge is 0.346 e.